The van der Waals surface area contributed by atoms with Crippen molar-refractivity contribution in [3.8, 4) is 39.9 Å². The summed E-state index contributed by atoms with van der Waals surface area (Å²) >= 11 is 0. The molecule has 1 aliphatic rings. The number of aliphatic hydroxyl groups excluding tert-OH is 4. The Kier molecular flexibility index (Phi) is 6.74. The Balaban J connectivity index is 1.78. The molecular formula is C23H24O12. The number of fused-ring (bicyclic) bond motifs is 1. The zero-order valence-electron chi connectivity index (χ0n) is 18.6. The largest absolute Gasteiger partial charge is 0.507 e. The Bertz CT molecular complexity index is 1280. The molecule has 0 unspecified atom stereocenters. The van der Waals surface area contributed by atoms with Gasteiger partial charge in [0.05, 0.1) is 26.4 Å². The minimum Gasteiger partial charge on any atom is -0.507 e. The summed E-state index contributed by atoms with van der Waals surface area (Å²) in [5.41, 5.74) is -0.369. The molecule has 2 heterocycles. The van der Waals surface area contributed by atoms with Crippen LogP contribution in [0.2, 0.25) is 0 Å². The van der Waals surface area contributed by atoms with Crippen LogP contribution in [0, 0.1) is 0 Å². The molecule has 0 saturated carbocycles. The van der Waals surface area contributed by atoms with Gasteiger partial charge in [-0.1, -0.05) is 6.07 Å². The van der Waals surface area contributed by atoms with E-state index >= 15 is 0 Å². The van der Waals surface area contributed by atoms with Crippen LogP contribution in [0.1, 0.15) is 0 Å². The Morgan fingerprint density at radius 1 is 0.943 bits per heavy atom. The van der Waals surface area contributed by atoms with Crippen LogP contribution < -0.4 is 19.6 Å². The van der Waals surface area contributed by atoms with Crippen LogP contribution in [0.4, 0.5) is 0 Å². The minimum absolute atomic E-state index is 0.0655. The predicted molar refractivity (Wildman–Crippen MR) is 119 cm³/mol. The molecule has 12 heteroatoms. The third-order valence-corrected chi connectivity index (χ3v) is 5.73. The first-order chi connectivity index (χ1) is 16.7. The highest BCUT2D eigenvalue weighted by Crippen LogP contribution is 2.42. The van der Waals surface area contributed by atoms with E-state index in [1.165, 1.54) is 32.4 Å². The van der Waals surface area contributed by atoms with Gasteiger partial charge in [-0.15, -0.1) is 0 Å². The van der Waals surface area contributed by atoms with E-state index in [-0.39, 0.29) is 39.5 Å². The van der Waals surface area contributed by atoms with Crippen molar-refractivity contribution < 1.29 is 54.0 Å². The van der Waals surface area contributed by atoms with E-state index in [1.54, 1.807) is 0 Å². The van der Waals surface area contributed by atoms with Crippen molar-refractivity contribution in [2.24, 2.45) is 0 Å². The fourth-order valence-corrected chi connectivity index (χ4v) is 3.86. The first-order valence-corrected chi connectivity index (χ1v) is 10.4. The highest BCUT2D eigenvalue weighted by molar-refractivity contribution is 5.93. The first kappa shape index (κ1) is 24.6. The number of aliphatic hydroxyl groups is 4. The smallest absolute Gasteiger partial charge is 0.229 e. The van der Waals surface area contributed by atoms with Crippen molar-refractivity contribution in [3.63, 3.8) is 0 Å². The van der Waals surface area contributed by atoms with Gasteiger partial charge in [-0.2, -0.15) is 0 Å². The summed E-state index contributed by atoms with van der Waals surface area (Å²) in [6.45, 7) is -0.662. The van der Waals surface area contributed by atoms with Gasteiger partial charge in [0.25, 0.3) is 0 Å². The Morgan fingerprint density at radius 2 is 1.69 bits per heavy atom. The van der Waals surface area contributed by atoms with Crippen molar-refractivity contribution in [2.45, 2.75) is 30.7 Å². The number of aromatic hydroxyl groups is 2. The second kappa shape index (κ2) is 9.60. The first-order valence-electron chi connectivity index (χ1n) is 10.4. The monoisotopic (exact) mass is 492 g/mol. The highest BCUT2D eigenvalue weighted by Gasteiger charge is 2.45. The molecule has 0 amide bonds. The Morgan fingerprint density at radius 3 is 2.34 bits per heavy atom. The SMILES string of the molecule is COc1cc(-c2coc3c(OC)c(O[C@@H]4O[C@H](CO)[C@@H](O)[C@H](O)[C@H]4O)cc(O)c3c2=O)ccc1O. The molecular weight excluding hydrogens is 468 g/mol. The van der Waals surface area contributed by atoms with Gasteiger partial charge in [0.15, 0.2) is 22.8 Å². The predicted octanol–water partition coefficient (Wildman–Crippen LogP) is 0.0671. The molecule has 3 aromatic rings. The molecule has 2 aromatic carbocycles. The van der Waals surface area contributed by atoms with Crippen LogP contribution in [-0.4, -0.2) is 82.2 Å². The lowest BCUT2D eigenvalue weighted by molar-refractivity contribution is -0.277. The quantitative estimate of drug-likeness (QED) is 0.272. The van der Waals surface area contributed by atoms with Crippen LogP contribution in [-0.2, 0) is 4.74 Å². The molecule has 0 radical (unpaired) electrons. The molecule has 0 aliphatic carbocycles. The van der Waals surface area contributed by atoms with Gasteiger partial charge in [-0.25, -0.2) is 0 Å². The Labute approximate surface area is 197 Å². The number of phenolic OH excluding ortho intramolecular Hbond substituents is 2. The minimum atomic E-state index is -1.71. The van der Waals surface area contributed by atoms with Gasteiger partial charge in [0.2, 0.25) is 17.5 Å². The van der Waals surface area contributed by atoms with Gasteiger partial charge < -0.3 is 54.0 Å². The van der Waals surface area contributed by atoms with Crippen molar-refractivity contribution in [1.29, 1.82) is 0 Å². The van der Waals surface area contributed by atoms with E-state index in [9.17, 15) is 35.4 Å². The molecule has 1 aliphatic heterocycles. The maximum atomic E-state index is 13.2. The number of hydrogen-bond donors (Lipinski definition) is 6. The number of rotatable bonds is 6. The maximum Gasteiger partial charge on any atom is 0.229 e. The average molecular weight is 492 g/mol. The lowest BCUT2D eigenvalue weighted by atomic mass is 9.99. The second-order valence-corrected chi connectivity index (χ2v) is 7.81. The number of hydrogen-bond acceptors (Lipinski definition) is 12. The lowest BCUT2D eigenvalue weighted by Gasteiger charge is -2.39. The number of methoxy groups -OCH3 is 2. The normalized spacial score (nSPS) is 24.3. The van der Waals surface area contributed by atoms with E-state index < -0.39 is 48.5 Å². The molecule has 1 saturated heterocycles. The topological polar surface area (TPSA) is 189 Å². The average Bonchev–Trinajstić information content (AvgIpc) is 2.85. The summed E-state index contributed by atoms with van der Waals surface area (Å²) < 4.78 is 26.9. The third kappa shape index (κ3) is 4.22. The van der Waals surface area contributed by atoms with Gasteiger partial charge in [-0.05, 0) is 17.7 Å². The van der Waals surface area contributed by atoms with Crippen molar-refractivity contribution >= 4 is 11.0 Å². The standard InChI is InChI=1S/C23H24O12/c1-31-13-5-9(3-4-11(13)25)10-8-33-22-16(17(10)27)12(26)6-14(21(22)32-2)34-23-20(30)19(29)18(28)15(7-24)35-23/h3-6,8,15,18-20,23-26,28-30H,7H2,1-2H3/t15-,18-,19+,20-,23-/m1/s1. The highest BCUT2D eigenvalue weighted by atomic mass is 16.7. The molecule has 35 heavy (non-hydrogen) atoms. The molecule has 4 rings (SSSR count). The van der Waals surface area contributed by atoms with Crippen molar-refractivity contribution in [1.82, 2.24) is 0 Å². The van der Waals surface area contributed by atoms with E-state index in [4.69, 9.17) is 23.4 Å². The summed E-state index contributed by atoms with van der Waals surface area (Å²) in [6.07, 6.45) is -6.64. The van der Waals surface area contributed by atoms with Crippen LogP contribution in [0.3, 0.4) is 0 Å². The molecule has 0 bridgehead atoms. The number of phenols is 2. The number of benzene rings is 2. The van der Waals surface area contributed by atoms with Gasteiger partial charge >= 0.3 is 0 Å². The zero-order valence-corrected chi connectivity index (χ0v) is 18.6. The summed E-state index contributed by atoms with van der Waals surface area (Å²) in [7, 11) is 2.61. The van der Waals surface area contributed by atoms with Gasteiger partial charge in [0, 0.05) is 6.07 Å². The second-order valence-electron chi connectivity index (χ2n) is 7.81. The fraction of sp³-hybridized carbons (Fsp3) is 0.348. The Hall–Kier alpha value is -3.55. The van der Waals surface area contributed by atoms with Crippen LogP contribution in [0.15, 0.2) is 39.7 Å². The summed E-state index contributed by atoms with van der Waals surface area (Å²) in [5.74, 6) is -0.861. The molecule has 0 spiro atoms. The van der Waals surface area contributed by atoms with E-state index in [0.29, 0.717) is 5.56 Å². The molecule has 1 aromatic heterocycles. The summed E-state index contributed by atoms with van der Waals surface area (Å²) in [6, 6.07) is 5.29. The molecule has 12 nitrogen and oxygen atoms in total. The van der Waals surface area contributed by atoms with Crippen molar-refractivity contribution in [2.75, 3.05) is 20.8 Å². The molecule has 188 valence electrons. The van der Waals surface area contributed by atoms with Crippen LogP contribution in [0.5, 0.6) is 28.7 Å². The van der Waals surface area contributed by atoms with Crippen LogP contribution in [0.25, 0.3) is 22.1 Å². The zero-order chi connectivity index (χ0) is 25.4. The molecule has 1 fully saturated rings. The lowest BCUT2D eigenvalue weighted by Crippen LogP contribution is -2.60. The molecule has 5 atom stereocenters. The van der Waals surface area contributed by atoms with Gasteiger partial charge in [0.1, 0.15) is 41.8 Å². The fourth-order valence-electron chi connectivity index (χ4n) is 3.86. The van der Waals surface area contributed by atoms with Crippen molar-refractivity contribution in [3.05, 3.63) is 40.8 Å². The molecule has 6 N–H and O–H groups in total. The summed E-state index contributed by atoms with van der Waals surface area (Å²) in [4.78, 5) is 13.2. The van der Waals surface area contributed by atoms with E-state index in [2.05, 4.69) is 0 Å². The summed E-state index contributed by atoms with van der Waals surface area (Å²) in [5, 5.41) is 59.8. The van der Waals surface area contributed by atoms with E-state index in [0.717, 1.165) is 12.3 Å². The third-order valence-electron chi connectivity index (χ3n) is 5.73. The number of ether oxygens (including phenoxy) is 4. The van der Waals surface area contributed by atoms with Gasteiger partial charge in [-0.3, -0.25) is 4.79 Å². The van der Waals surface area contributed by atoms with Crippen LogP contribution >= 0.6 is 0 Å². The maximum absolute atomic E-state index is 13.2. The van der Waals surface area contributed by atoms with E-state index in [1.807, 2.05) is 0 Å².